The highest BCUT2D eigenvalue weighted by molar-refractivity contribution is 5.80. The molecule has 1 aromatic carbocycles. The van der Waals surface area contributed by atoms with Gasteiger partial charge in [0.25, 0.3) is 0 Å². The van der Waals surface area contributed by atoms with Crippen LogP contribution in [0.4, 0.5) is 0 Å². The zero-order valence-corrected chi connectivity index (χ0v) is 13.9. The van der Waals surface area contributed by atoms with E-state index in [-0.39, 0.29) is 6.10 Å². The molecule has 5 nitrogen and oxygen atoms in total. The molecule has 0 radical (unpaired) electrons. The predicted octanol–water partition coefficient (Wildman–Crippen LogP) is 1.28. The fourth-order valence-electron chi connectivity index (χ4n) is 2.64. The smallest absolute Gasteiger partial charge is 0.194 e. The lowest BCUT2D eigenvalue weighted by atomic mass is 10.1. The van der Waals surface area contributed by atoms with Gasteiger partial charge in [-0.1, -0.05) is 24.3 Å². The van der Waals surface area contributed by atoms with Gasteiger partial charge in [-0.05, 0) is 38.6 Å². The number of guanidine groups is 1. The summed E-state index contributed by atoms with van der Waals surface area (Å²) in [5.41, 5.74) is 2.52. The Morgan fingerprint density at radius 2 is 2.00 bits per heavy atom. The monoisotopic (exact) mass is 304 g/mol. The first-order valence-electron chi connectivity index (χ1n) is 8.02. The van der Waals surface area contributed by atoms with Gasteiger partial charge >= 0.3 is 0 Å². The molecule has 0 amide bonds. The van der Waals surface area contributed by atoms with Gasteiger partial charge in [-0.2, -0.15) is 0 Å². The molecule has 0 spiro atoms. The number of aliphatic imine (C=N–C) groups is 1. The highest BCUT2D eigenvalue weighted by Gasteiger charge is 2.22. The van der Waals surface area contributed by atoms with Crippen molar-refractivity contribution in [1.29, 1.82) is 0 Å². The Bertz CT molecular complexity index is 484. The maximum absolute atomic E-state index is 9.68. The second kappa shape index (κ2) is 8.15. The third kappa shape index (κ3) is 5.00. The van der Waals surface area contributed by atoms with Crippen molar-refractivity contribution in [3.8, 4) is 0 Å². The van der Waals surface area contributed by atoms with Crippen LogP contribution in [0.1, 0.15) is 24.5 Å². The molecule has 0 saturated carbocycles. The first kappa shape index (κ1) is 16.8. The molecular formula is C17H28N4O. The molecular weight excluding hydrogens is 276 g/mol. The first-order chi connectivity index (χ1) is 10.6. The summed E-state index contributed by atoms with van der Waals surface area (Å²) in [6.45, 7) is 6.07. The van der Waals surface area contributed by atoms with Crippen LogP contribution < -0.4 is 5.32 Å². The van der Waals surface area contributed by atoms with Gasteiger partial charge in [0.1, 0.15) is 0 Å². The van der Waals surface area contributed by atoms with E-state index >= 15 is 0 Å². The van der Waals surface area contributed by atoms with E-state index in [1.54, 1.807) is 0 Å². The Morgan fingerprint density at radius 3 is 2.55 bits per heavy atom. The summed E-state index contributed by atoms with van der Waals surface area (Å²) in [7, 11) is 4.15. The van der Waals surface area contributed by atoms with E-state index in [2.05, 4.69) is 60.4 Å². The molecule has 1 aliphatic heterocycles. The van der Waals surface area contributed by atoms with E-state index < -0.39 is 0 Å². The Kier molecular flexibility index (Phi) is 6.21. The summed E-state index contributed by atoms with van der Waals surface area (Å²) in [6.07, 6.45) is 0.595. The topological polar surface area (TPSA) is 51.1 Å². The number of aliphatic hydroxyl groups excluding tert-OH is 1. The van der Waals surface area contributed by atoms with Crippen LogP contribution in [0.5, 0.6) is 0 Å². The highest BCUT2D eigenvalue weighted by Crippen LogP contribution is 2.11. The van der Waals surface area contributed by atoms with E-state index in [1.165, 1.54) is 11.1 Å². The summed E-state index contributed by atoms with van der Waals surface area (Å²) in [4.78, 5) is 9.00. The van der Waals surface area contributed by atoms with Crippen molar-refractivity contribution < 1.29 is 5.11 Å². The van der Waals surface area contributed by atoms with Crippen molar-refractivity contribution in [2.24, 2.45) is 4.99 Å². The third-order valence-electron chi connectivity index (χ3n) is 3.73. The third-order valence-corrected chi connectivity index (χ3v) is 3.73. The summed E-state index contributed by atoms with van der Waals surface area (Å²) in [6, 6.07) is 8.62. The quantitative estimate of drug-likeness (QED) is 0.635. The van der Waals surface area contributed by atoms with E-state index in [9.17, 15) is 5.11 Å². The molecule has 0 bridgehead atoms. The maximum Gasteiger partial charge on any atom is 0.194 e. The number of rotatable bonds is 5. The van der Waals surface area contributed by atoms with Gasteiger partial charge in [-0.3, -0.25) is 0 Å². The molecule has 0 aromatic heterocycles. The SMILES string of the molecule is CCNC(=NCc1ccc(CN(C)C)cc1)N1CC[C@@H](O)C1. The summed E-state index contributed by atoms with van der Waals surface area (Å²) >= 11 is 0. The molecule has 1 saturated heterocycles. The van der Waals surface area contributed by atoms with Gasteiger partial charge in [0.15, 0.2) is 5.96 Å². The van der Waals surface area contributed by atoms with Crippen LogP contribution in [0, 0.1) is 0 Å². The van der Waals surface area contributed by atoms with Crippen molar-refractivity contribution in [2.75, 3.05) is 33.7 Å². The lowest BCUT2D eigenvalue weighted by Crippen LogP contribution is -2.40. The van der Waals surface area contributed by atoms with Gasteiger partial charge < -0.3 is 20.2 Å². The Balaban J connectivity index is 1.97. The van der Waals surface area contributed by atoms with E-state index in [4.69, 9.17) is 4.99 Å². The Hall–Kier alpha value is -1.59. The zero-order valence-electron chi connectivity index (χ0n) is 13.9. The van der Waals surface area contributed by atoms with Gasteiger partial charge in [0.2, 0.25) is 0 Å². The number of β-amino-alcohol motifs (C(OH)–C–C–N with tert-alkyl or cyclic N) is 1. The molecule has 5 heteroatoms. The van der Waals surface area contributed by atoms with Gasteiger partial charge in [-0.25, -0.2) is 4.99 Å². The number of nitrogens with zero attached hydrogens (tertiary/aromatic N) is 3. The van der Waals surface area contributed by atoms with Crippen molar-refractivity contribution in [1.82, 2.24) is 15.1 Å². The second-order valence-corrected chi connectivity index (χ2v) is 6.11. The molecule has 1 fully saturated rings. The fraction of sp³-hybridized carbons (Fsp3) is 0.588. The minimum atomic E-state index is -0.228. The average molecular weight is 304 g/mol. The van der Waals surface area contributed by atoms with Crippen LogP contribution in [0.3, 0.4) is 0 Å². The summed E-state index contributed by atoms with van der Waals surface area (Å²) in [5.74, 6) is 0.899. The number of benzene rings is 1. The standard InChI is InChI=1S/C17H28N4O/c1-4-18-17(21-10-9-16(22)13-21)19-11-14-5-7-15(8-6-14)12-20(2)3/h5-8,16,22H,4,9-13H2,1-3H3,(H,18,19)/t16-/m1/s1. The minimum absolute atomic E-state index is 0.228. The summed E-state index contributed by atoms with van der Waals surface area (Å²) in [5, 5.41) is 13.0. The van der Waals surface area contributed by atoms with Crippen molar-refractivity contribution >= 4 is 5.96 Å². The molecule has 122 valence electrons. The van der Waals surface area contributed by atoms with Gasteiger partial charge in [0, 0.05) is 26.2 Å². The number of aliphatic hydroxyl groups is 1. The van der Waals surface area contributed by atoms with E-state index in [0.717, 1.165) is 32.0 Å². The van der Waals surface area contributed by atoms with Crippen LogP contribution in [0.2, 0.25) is 0 Å². The number of hydrogen-bond acceptors (Lipinski definition) is 3. The first-order valence-corrected chi connectivity index (χ1v) is 8.02. The van der Waals surface area contributed by atoms with Gasteiger partial charge in [0.05, 0.1) is 12.6 Å². The molecule has 1 aliphatic rings. The number of likely N-dealkylation sites (tertiary alicyclic amines) is 1. The fourth-order valence-corrected chi connectivity index (χ4v) is 2.64. The molecule has 1 aromatic rings. The van der Waals surface area contributed by atoms with Crippen LogP contribution in [0.15, 0.2) is 29.3 Å². The maximum atomic E-state index is 9.68. The predicted molar refractivity (Wildman–Crippen MR) is 90.8 cm³/mol. The Labute approximate surface area is 133 Å². The van der Waals surface area contributed by atoms with Crippen molar-refractivity contribution in [2.45, 2.75) is 32.5 Å². The lowest BCUT2D eigenvalue weighted by Gasteiger charge is -2.21. The summed E-state index contributed by atoms with van der Waals surface area (Å²) < 4.78 is 0. The van der Waals surface area contributed by atoms with E-state index in [1.807, 2.05) is 0 Å². The zero-order chi connectivity index (χ0) is 15.9. The molecule has 0 aliphatic carbocycles. The van der Waals surface area contributed by atoms with Crippen LogP contribution in [0.25, 0.3) is 0 Å². The normalized spacial score (nSPS) is 19.0. The molecule has 0 unspecified atom stereocenters. The second-order valence-electron chi connectivity index (χ2n) is 6.11. The molecule has 1 atom stereocenters. The van der Waals surface area contributed by atoms with Crippen LogP contribution in [-0.4, -0.2) is 60.7 Å². The van der Waals surface area contributed by atoms with Crippen LogP contribution in [-0.2, 0) is 13.1 Å². The van der Waals surface area contributed by atoms with Crippen LogP contribution >= 0.6 is 0 Å². The molecule has 2 rings (SSSR count). The van der Waals surface area contributed by atoms with Crippen molar-refractivity contribution in [3.63, 3.8) is 0 Å². The largest absolute Gasteiger partial charge is 0.391 e. The van der Waals surface area contributed by atoms with Crippen molar-refractivity contribution in [3.05, 3.63) is 35.4 Å². The van der Waals surface area contributed by atoms with E-state index in [0.29, 0.717) is 13.1 Å². The Morgan fingerprint density at radius 1 is 1.32 bits per heavy atom. The molecule has 2 N–H and O–H groups in total. The number of hydrogen-bond donors (Lipinski definition) is 2. The molecule has 1 heterocycles. The minimum Gasteiger partial charge on any atom is -0.391 e. The molecule has 22 heavy (non-hydrogen) atoms. The van der Waals surface area contributed by atoms with Gasteiger partial charge in [-0.15, -0.1) is 0 Å². The lowest BCUT2D eigenvalue weighted by molar-refractivity contribution is 0.188. The highest BCUT2D eigenvalue weighted by atomic mass is 16.3. The average Bonchev–Trinajstić information content (AvgIpc) is 2.91. The number of nitrogens with one attached hydrogen (secondary N) is 1.